The SMILES string of the molecule is O=C1OCC2=C1C(c1cccc3ccccc13)CC(=O)N2c1ccc(C(F)(F)F)cc1. The third kappa shape index (κ3) is 3.17. The molecule has 0 N–H and O–H groups in total. The minimum Gasteiger partial charge on any atom is -0.456 e. The van der Waals surface area contributed by atoms with E-state index in [1.54, 1.807) is 0 Å². The van der Waals surface area contributed by atoms with Crippen LogP contribution in [0.1, 0.15) is 23.5 Å². The lowest BCUT2D eigenvalue weighted by Crippen LogP contribution is -2.37. The predicted octanol–water partition coefficient (Wildman–Crippen LogP) is 5.19. The number of anilines is 1. The molecule has 1 unspecified atom stereocenters. The summed E-state index contributed by atoms with van der Waals surface area (Å²) in [7, 11) is 0. The van der Waals surface area contributed by atoms with Crippen LogP contribution in [0.3, 0.4) is 0 Å². The van der Waals surface area contributed by atoms with Crippen LogP contribution in [0.15, 0.2) is 78.0 Å². The van der Waals surface area contributed by atoms with Crippen LogP contribution in [-0.2, 0) is 20.5 Å². The molecule has 1 amide bonds. The van der Waals surface area contributed by atoms with E-state index in [2.05, 4.69) is 0 Å². The van der Waals surface area contributed by atoms with E-state index in [9.17, 15) is 22.8 Å². The van der Waals surface area contributed by atoms with E-state index in [4.69, 9.17) is 4.74 Å². The fraction of sp³-hybridized carbons (Fsp3) is 0.167. The van der Waals surface area contributed by atoms with Crippen molar-refractivity contribution in [3.8, 4) is 0 Å². The molecule has 7 heteroatoms. The van der Waals surface area contributed by atoms with E-state index in [-0.39, 0.29) is 24.6 Å². The molecule has 0 radical (unpaired) electrons. The molecule has 0 aromatic heterocycles. The molecule has 4 nitrogen and oxygen atoms in total. The van der Waals surface area contributed by atoms with Crippen molar-refractivity contribution < 1.29 is 27.5 Å². The van der Waals surface area contributed by atoms with Gasteiger partial charge in [0.1, 0.15) is 6.61 Å². The summed E-state index contributed by atoms with van der Waals surface area (Å²) in [5.41, 5.74) is 1.10. The Morgan fingerprint density at radius 2 is 1.61 bits per heavy atom. The average Bonchev–Trinajstić information content (AvgIpc) is 3.13. The van der Waals surface area contributed by atoms with Crippen molar-refractivity contribution in [1.82, 2.24) is 0 Å². The van der Waals surface area contributed by atoms with Crippen molar-refractivity contribution in [1.29, 1.82) is 0 Å². The lowest BCUT2D eigenvalue weighted by Gasteiger charge is -2.32. The fourth-order valence-corrected chi connectivity index (χ4v) is 4.37. The van der Waals surface area contributed by atoms with Gasteiger partial charge in [-0.05, 0) is 40.6 Å². The van der Waals surface area contributed by atoms with Crippen LogP contribution < -0.4 is 4.90 Å². The van der Waals surface area contributed by atoms with Crippen molar-refractivity contribution in [2.24, 2.45) is 0 Å². The van der Waals surface area contributed by atoms with Gasteiger partial charge in [-0.2, -0.15) is 13.2 Å². The van der Waals surface area contributed by atoms with Crippen LogP contribution in [-0.4, -0.2) is 18.5 Å². The summed E-state index contributed by atoms with van der Waals surface area (Å²) in [6.07, 6.45) is -4.45. The number of halogens is 3. The second kappa shape index (κ2) is 6.97. The Morgan fingerprint density at radius 1 is 0.903 bits per heavy atom. The van der Waals surface area contributed by atoms with Gasteiger partial charge in [-0.25, -0.2) is 4.79 Å². The number of hydrogen-bond acceptors (Lipinski definition) is 3. The van der Waals surface area contributed by atoms with Crippen LogP contribution >= 0.6 is 0 Å². The maximum absolute atomic E-state index is 13.1. The molecule has 0 saturated carbocycles. The number of carbonyl (C=O) groups excluding carboxylic acids is 2. The van der Waals surface area contributed by atoms with Crippen molar-refractivity contribution in [2.75, 3.05) is 11.5 Å². The maximum Gasteiger partial charge on any atom is 0.416 e. The van der Waals surface area contributed by atoms with E-state index in [0.29, 0.717) is 11.3 Å². The predicted molar refractivity (Wildman–Crippen MR) is 108 cm³/mol. The molecule has 0 spiro atoms. The Hall–Kier alpha value is -3.61. The van der Waals surface area contributed by atoms with Crippen LogP contribution in [0.5, 0.6) is 0 Å². The van der Waals surface area contributed by atoms with Crippen molar-refractivity contribution in [3.63, 3.8) is 0 Å². The van der Waals surface area contributed by atoms with Gasteiger partial charge in [0.15, 0.2) is 0 Å². The molecule has 0 bridgehead atoms. The summed E-state index contributed by atoms with van der Waals surface area (Å²) in [5, 5.41) is 1.93. The summed E-state index contributed by atoms with van der Waals surface area (Å²) >= 11 is 0. The van der Waals surface area contributed by atoms with Crippen molar-refractivity contribution in [2.45, 2.75) is 18.5 Å². The van der Waals surface area contributed by atoms with Crippen LogP contribution in [0.4, 0.5) is 18.9 Å². The lowest BCUT2D eigenvalue weighted by atomic mass is 9.82. The number of benzene rings is 3. The van der Waals surface area contributed by atoms with Crippen LogP contribution in [0.25, 0.3) is 10.8 Å². The molecular formula is C24H16F3NO3. The molecule has 2 aliphatic heterocycles. The highest BCUT2D eigenvalue weighted by Gasteiger charge is 2.43. The zero-order chi connectivity index (χ0) is 21.8. The summed E-state index contributed by atoms with van der Waals surface area (Å²) in [6.45, 7) is -0.0950. The number of ether oxygens (including phenoxy) is 1. The standard InChI is InChI=1S/C24H16F3NO3/c25-24(26,27)15-8-10-16(11-9-15)28-20-13-31-23(30)22(20)19(12-21(28)29)18-7-3-5-14-4-1-2-6-17(14)18/h1-11,19H,12-13H2. The van der Waals surface area contributed by atoms with E-state index in [1.165, 1.54) is 17.0 Å². The van der Waals surface area contributed by atoms with Gasteiger partial charge in [-0.15, -0.1) is 0 Å². The first kappa shape index (κ1) is 19.4. The first-order valence-electron chi connectivity index (χ1n) is 9.72. The Balaban J connectivity index is 1.62. The number of amides is 1. The molecule has 1 atom stereocenters. The lowest BCUT2D eigenvalue weighted by molar-refractivity contribution is -0.138. The molecule has 0 saturated heterocycles. The zero-order valence-electron chi connectivity index (χ0n) is 16.1. The number of esters is 1. The number of rotatable bonds is 2. The molecular weight excluding hydrogens is 407 g/mol. The van der Waals surface area contributed by atoms with Crippen LogP contribution in [0.2, 0.25) is 0 Å². The number of alkyl halides is 3. The summed E-state index contributed by atoms with van der Waals surface area (Å²) in [6, 6.07) is 17.8. The average molecular weight is 423 g/mol. The largest absolute Gasteiger partial charge is 0.456 e. The van der Waals surface area contributed by atoms with E-state index >= 15 is 0 Å². The normalized spacial score (nSPS) is 19.1. The van der Waals surface area contributed by atoms with Gasteiger partial charge in [-0.1, -0.05) is 42.5 Å². The first-order chi connectivity index (χ1) is 14.8. The Kier molecular flexibility index (Phi) is 4.36. The van der Waals surface area contributed by atoms with Gasteiger partial charge in [0, 0.05) is 18.0 Å². The number of fused-ring (bicyclic) bond motifs is 1. The van der Waals surface area contributed by atoms with Crippen LogP contribution in [0, 0.1) is 0 Å². The van der Waals surface area contributed by atoms with Gasteiger partial charge < -0.3 is 4.74 Å². The summed E-state index contributed by atoms with van der Waals surface area (Å²) in [5.74, 6) is -1.28. The molecule has 156 valence electrons. The molecule has 2 aliphatic rings. The number of carbonyl (C=O) groups is 2. The Labute approximate surface area is 175 Å². The Bertz CT molecular complexity index is 1240. The van der Waals surface area contributed by atoms with E-state index in [0.717, 1.165) is 28.5 Å². The second-order valence-corrected chi connectivity index (χ2v) is 7.54. The molecule has 31 heavy (non-hydrogen) atoms. The number of cyclic esters (lactones) is 1. The minimum absolute atomic E-state index is 0.0168. The third-order valence-corrected chi connectivity index (χ3v) is 5.77. The highest BCUT2D eigenvalue weighted by molar-refractivity contribution is 6.07. The van der Waals surface area contributed by atoms with Crippen molar-refractivity contribution in [3.05, 3.63) is 89.1 Å². The quantitative estimate of drug-likeness (QED) is 0.533. The number of hydrogen-bond donors (Lipinski definition) is 0. The zero-order valence-corrected chi connectivity index (χ0v) is 16.1. The van der Waals surface area contributed by atoms with E-state index in [1.807, 2.05) is 42.5 Å². The Morgan fingerprint density at radius 3 is 2.35 bits per heavy atom. The molecule has 3 aromatic carbocycles. The molecule has 0 aliphatic carbocycles. The number of nitrogens with zero attached hydrogens (tertiary/aromatic N) is 1. The summed E-state index contributed by atoms with van der Waals surface area (Å²) < 4.78 is 44.0. The highest BCUT2D eigenvalue weighted by Crippen LogP contribution is 2.44. The fourth-order valence-electron chi connectivity index (χ4n) is 4.37. The van der Waals surface area contributed by atoms with Gasteiger partial charge in [0.2, 0.25) is 5.91 Å². The highest BCUT2D eigenvalue weighted by atomic mass is 19.4. The topological polar surface area (TPSA) is 46.6 Å². The third-order valence-electron chi connectivity index (χ3n) is 5.77. The molecule has 3 aromatic rings. The minimum atomic E-state index is -4.47. The smallest absolute Gasteiger partial charge is 0.416 e. The van der Waals surface area contributed by atoms with Crippen molar-refractivity contribution >= 4 is 28.3 Å². The monoisotopic (exact) mass is 423 g/mol. The first-order valence-corrected chi connectivity index (χ1v) is 9.72. The summed E-state index contributed by atoms with van der Waals surface area (Å²) in [4.78, 5) is 27.1. The van der Waals surface area contributed by atoms with Gasteiger partial charge in [0.05, 0.1) is 16.8 Å². The van der Waals surface area contributed by atoms with Gasteiger partial charge >= 0.3 is 12.1 Å². The van der Waals surface area contributed by atoms with E-state index < -0.39 is 23.6 Å². The van der Waals surface area contributed by atoms with Gasteiger partial charge in [-0.3, -0.25) is 9.69 Å². The van der Waals surface area contributed by atoms with Gasteiger partial charge in [0.25, 0.3) is 0 Å². The maximum atomic E-state index is 13.1. The second-order valence-electron chi connectivity index (χ2n) is 7.54. The molecule has 5 rings (SSSR count). The molecule has 0 fully saturated rings. The molecule has 2 heterocycles.